The summed E-state index contributed by atoms with van der Waals surface area (Å²) in [7, 11) is 0. The Morgan fingerprint density at radius 3 is 2.46 bits per heavy atom. The lowest BCUT2D eigenvalue weighted by Crippen LogP contribution is -2.03. The third-order valence-electron chi connectivity index (χ3n) is 4.44. The Labute approximate surface area is 151 Å². The van der Waals surface area contributed by atoms with E-state index in [0.717, 1.165) is 27.7 Å². The predicted molar refractivity (Wildman–Crippen MR) is 101 cm³/mol. The number of imidazole rings is 1. The van der Waals surface area contributed by atoms with Crippen molar-refractivity contribution in [3.8, 4) is 28.6 Å². The highest BCUT2D eigenvalue weighted by Gasteiger charge is 2.17. The quantitative estimate of drug-likeness (QED) is 0.511. The van der Waals surface area contributed by atoms with Crippen LogP contribution in [0.25, 0.3) is 33.5 Å². The Balaban J connectivity index is 2.02. The summed E-state index contributed by atoms with van der Waals surface area (Å²) in [6.45, 7) is -0.257. The Morgan fingerprint density at radius 1 is 0.923 bits per heavy atom. The maximum atomic E-state index is 13.2. The van der Waals surface area contributed by atoms with Gasteiger partial charge in [-0.15, -0.1) is 0 Å². The molecule has 0 aliphatic carbocycles. The number of aryl methyl sites for hydroxylation is 1. The van der Waals surface area contributed by atoms with Gasteiger partial charge < -0.3 is 4.57 Å². The summed E-state index contributed by atoms with van der Waals surface area (Å²) in [6, 6.07) is 25.4. The smallest absolute Gasteiger partial charge is 0.141 e. The molecule has 126 valence electrons. The van der Waals surface area contributed by atoms with Crippen molar-refractivity contribution < 1.29 is 4.39 Å². The molecular formula is C22H16FN3. The van der Waals surface area contributed by atoms with Crippen LogP contribution in [0, 0.1) is 11.3 Å². The fraction of sp³-hybridized carbons (Fsp3) is 0.0909. The van der Waals surface area contributed by atoms with E-state index in [1.54, 1.807) is 6.07 Å². The van der Waals surface area contributed by atoms with Crippen LogP contribution >= 0.6 is 0 Å². The third-order valence-corrected chi connectivity index (χ3v) is 4.44. The van der Waals surface area contributed by atoms with Crippen LogP contribution in [-0.2, 0) is 6.54 Å². The second-order valence-electron chi connectivity index (χ2n) is 6.00. The fourth-order valence-electron chi connectivity index (χ4n) is 3.26. The second-order valence-corrected chi connectivity index (χ2v) is 6.00. The van der Waals surface area contributed by atoms with Crippen LogP contribution in [0.1, 0.15) is 5.56 Å². The number of hydrogen-bond acceptors (Lipinski definition) is 2. The molecule has 0 amide bonds. The van der Waals surface area contributed by atoms with Gasteiger partial charge in [-0.2, -0.15) is 5.26 Å². The van der Waals surface area contributed by atoms with Gasteiger partial charge >= 0.3 is 0 Å². The molecule has 26 heavy (non-hydrogen) atoms. The van der Waals surface area contributed by atoms with E-state index in [9.17, 15) is 9.65 Å². The second kappa shape index (κ2) is 6.81. The molecule has 4 rings (SSSR count). The Morgan fingerprint density at radius 2 is 1.69 bits per heavy atom. The first kappa shape index (κ1) is 16.0. The highest BCUT2D eigenvalue weighted by molar-refractivity contribution is 5.87. The van der Waals surface area contributed by atoms with Crippen molar-refractivity contribution in [2.45, 2.75) is 6.54 Å². The van der Waals surface area contributed by atoms with E-state index in [2.05, 4.69) is 6.07 Å². The zero-order chi connectivity index (χ0) is 17.9. The van der Waals surface area contributed by atoms with Gasteiger partial charge in [-0.25, -0.2) is 9.37 Å². The number of nitrogens with zero attached hydrogens (tertiary/aromatic N) is 3. The molecule has 0 bridgehead atoms. The average molecular weight is 341 g/mol. The van der Waals surface area contributed by atoms with E-state index in [-0.39, 0.29) is 6.54 Å². The highest BCUT2D eigenvalue weighted by Crippen LogP contribution is 2.34. The molecule has 0 saturated heterocycles. The Bertz CT molecular complexity index is 1110. The molecule has 0 aliphatic heterocycles. The predicted octanol–water partition coefficient (Wildman–Crippen LogP) is 5.21. The molecule has 0 unspecified atom stereocenters. The van der Waals surface area contributed by atoms with Crippen molar-refractivity contribution >= 4 is 11.0 Å². The van der Waals surface area contributed by atoms with Crippen molar-refractivity contribution in [3.05, 3.63) is 78.4 Å². The highest BCUT2D eigenvalue weighted by atomic mass is 19.1. The minimum absolute atomic E-state index is 0.223. The molecule has 1 heterocycles. The van der Waals surface area contributed by atoms with Crippen molar-refractivity contribution in [2.75, 3.05) is 6.67 Å². The van der Waals surface area contributed by atoms with Gasteiger partial charge in [0.05, 0.1) is 29.2 Å². The van der Waals surface area contributed by atoms with E-state index in [1.165, 1.54) is 0 Å². The van der Waals surface area contributed by atoms with Crippen molar-refractivity contribution in [1.82, 2.24) is 9.55 Å². The first-order chi connectivity index (χ1) is 12.8. The van der Waals surface area contributed by atoms with Gasteiger partial charge in [-0.3, -0.25) is 0 Å². The van der Waals surface area contributed by atoms with Gasteiger partial charge in [0.1, 0.15) is 12.5 Å². The van der Waals surface area contributed by atoms with Crippen LogP contribution in [-0.4, -0.2) is 16.2 Å². The number of benzene rings is 3. The van der Waals surface area contributed by atoms with Crippen molar-refractivity contribution in [2.24, 2.45) is 0 Å². The summed E-state index contributed by atoms with van der Waals surface area (Å²) in [5, 5.41) is 9.35. The first-order valence-electron chi connectivity index (χ1n) is 8.43. The molecule has 0 N–H and O–H groups in total. The number of halogens is 1. The maximum Gasteiger partial charge on any atom is 0.141 e. The van der Waals surface area contributed by atoms with E-state index < -0.39 is 6.67 Å². The molecule has 3 aromatic carbocycles. The Hall–Kier alpha value is -3.45. The lowest BCUT2D eigenvalue weighted by atomic mass is 9.97. The zero-order valence-corrected chi connectivity index (χ0v) is 14.1. The maximum absolute atomic E-state index is 13.2. The lowest BCUT2D eigenvalue weighted by molar-refractivity contribution is 0.451. The van der Waals surface area contributed by atoms with Gasteiger partial charge in [-0.05, 0) is 35.4 Å². The molecule has 0 atom stereocenters. The number of nitriles is 1. The number of rotatable bonds is 4. The zero-order valence-electron chi connectivity index (χ0n) is 14.1. The lowest BCUT2D eigenvalue weighted by Gasteiger charge is -2.12. The first-order valence-corrected chi connectivity index (χ1v) is 8.43. The Kier molecular flexibility index (Phi) is 4.20. The molecule has 3 nitrogen and oxygen atoms in total. The van der Waals surface area contributed by atoms with Gasteiger partial charge in [0, 0.05) is 5.56 Å². The molecule has 0 saturated carbocycles. The summed E-state index contributed by atoms with van der Waals surface area (Å²) in [5.74, 6) is 0.680. The van der Waals surface area contributed by atoms with Crippen molar-refractivity contribution in [3.63, 3.8) is 0 Å². The van der Waals surface area contributed by atoms with Crippen molar-refractivity contribution in [1.29, 1.82) is 5.26 Å². The SMILES string of the molecule is N#Cc1ccc(-c2ccccc2)c(-c2nc3ccccc3n2CCF)c1. The van der Waals surface area contributed by atoms with Gasteiger partial charge in [0.2, 0.25) is 0 Å². The summed E-state index contributed by atoms with van der Waals surface area (Å²) in [4.78, 5) is 4.75. The van der Waals surface area contributed by atoms with Crippen LogP contribution in [0.5, 0.6) is 0 Å². The largest absolute Gasteiger partial charge is 0.321 e. The van der Waals surface area contributed by atoms with Crippen LogP contribution < -0.4 is 0 Å². The van der Waals surface area contributed by atoms with Gasteiger partial charge in [0.15, 0.2) is 0 Å². The molecule has 0 spiro atoms. The molecular weight excluding hydrogens is 325 g/mol. The molecule has 1 aromatic heterocycles. The number of aromatic nitrogens is 2. The van der Waals surface area contributed by atoms with Crippen LogP contribution in [0.3, 0.4) is 0 Å². The number of hydrogen-bond donors (Lipinski definition) is 0. The van der Waals surface area contributed by atoms with E-state index in [1.807, 2.05) is 71.3 Å². The topological polar surface area (TPSA) is 41.6 Å². The van der Waals surface area contributed by atoms with E-state index in [4.69, 9.17) is 4.98 Å². The fourth-order valence-corrected chi connectivity index (χ4v) is 3.26. The minimum Gasteiger partial charge on any atom is -0.321 e. The number of fused-ring (bicyclic) bond motifs is 1. The molecule has 0 aliphatic rings. The standard InChI is InChI=1S/C22H16FN3/c23-12-13-26-21-9-5-4-8-20(21)25-22(26)19-14-16(15-24)10-11-18(19)17-6-2-1-3-7-17/h1-11,14H,12-13H2. The van der Waals surface area contributed by atoms with Crippen LogP contribution in [0.4, 0.5) is 4.39 Å². The third kappa shape index (κ3) is 2.74. The van der Waals surface area contributed by atoms with Crippen LogP contribution in [0.15, 0.2) is 72.8 Å². The molecule has 0 fully saturated rings. The molecule has 4 heteroatoms. The summed E-state index contributed by atoms with van der Waals surface area (Å²) < 4.78 is 15.1. The summed E-state index contributed by atoms with van der Waals surface area (Å²) >= 11 is 0. The monoisotopic (exact) mass is 341 g/mol. The minimum atomic E-state index is -0.480. The molecule has 4 aromatic rings. The van der Waals surface area contributed by atoms with Gasteiger partial charge in [-0.1, -0.05) is 48.5 Å². The average Bonchev–Trinajstić information content (AvgIpc) is 3.07. The molecule has 0 radical (unpaired) electrons. The summed E-state index contributed by atoms with van der Waals surface area (Å²) in [6.07, 6.45) is 0. The normalized spacial score (nSPS) is 10.8. The number of alkyl halides is 1. The van der Waals surface area contributed by atoms with E-state index >= 15 is 0 Å². The van der Waals surface area contributed by atoms with E-state index in [0.29, 0.717) is 11.4 Å². The number of para-hydroxylation sites is 2. The van der Waals surface area contributed by atoms with Gasteiger partial charge in [0.25, 0.3) is 0 Å². The van der Waals surface area contributed by atoms with Crippen LogP contribution in [0.2, 0.25) is 0 Å². The summed E-state index contributed by atoms with van der Waals surface area (Å²) in [5.41, 5.74) is 5.10.